The van der Waals surface area contributed by atoms with Crippen molar-refractivity contribution in [2.45, 2.75) is 46.6 Å². The quantitative estimate of drug-likeness (QED) is 0.832. The summed E-state index contributed by atoms with van der Waals surface area (Å²) in [4.78, 5) is 5.29. The van der Waals surface area contributed by atoms with Gasteiger partial charge in [0.15, 0.2) is 0 Å². The number of likely N-dealkylation sites (tertiary alicyclic amines) is 1. The van der Waals surface area contributed by atoms with Crippen LogP contribution in [-0.2, 0) is 0 Å². The lowest BCUT2D eigenvalue weighted by molar-refractivity contribution is 0.105. The third-order valence-corrected chi connectivity index (χ3v) is 4.01. The number of nitrogens with zero attached hydrogens (tertiary/aromatic N) is 2. The Balaban J connectivity index is 0.000000771. The smallest absolute Gasteiger partial charge is 0.0107 e. The molecule has 0 amide bonds. The Morgan fingerprint density at radius 2 is 1.78 bits per heavy atom. The van der Waals surface area contributed by atoms with Gasteiger partial charge in [-0.2, -0.15) is 0 Å². The molecule has 3 nitrogen and oxygen atoms in total. The van der Waals surface area contributed by atoms with Crippen molar-refractivity contribution in [1.29, 1.82) is 0 Å². The van der Waals surface area contributed by atoms with Gasteiger partial charge in [-0.15, -0.1) is 0 Å². The summed E-state index contributed by atoms with van der Waals surface area (Å²) >= 11 is 0. The van der Waals surface area contributed by atoms with Crippen molar-refractivity contribution in [3.05, 3.63) is 0 Å². The van der Waals surface area contributed by atoms with Gasteiger partial charge in [0.25, 0.3) is 0 Å². The Bertz CT molecular complexity index is 200. The largest absolute Gasteiger partial charge is 0.314 e. The first-order valence-electron chi connectivity index (χ1n) is 7.93. The molecular weight excluding hydrogens is 222 g/mol. The van der Waals surface area contributed by atoms with E-state index in [0.29, 0.717) is 0 Å². The minimum Gasteiger partial charge on any atom is -0.314 e. The van der Waals surface area contributed by atoms with Crippen LogP contribution in [0, 0.1) is 5.92 Å². The average Bonchev–Trinajstić information content (AvgIpc) is 2.42. The molecule has 18 heavy (non-hydrogen) atoms. The first-order chi connectivity index (χ1) is 8.75. The highest BCUT2D eigenvalue weighted by atomic mass is 15.2. The minimum absolute atomic E-state index is 0.728. The molecule has 2 aliphatic heterocycles. The summed E-state index contributed by atoms with van der Waals surface area (Å²) in [6.45, 7) is 17.5. The maximum absolute atomic E-state index is 3.43. The van der Waals surface area contributed by atoms with Crippen LogP contribution in [0.5, 0.6) is 0 Å². The standard InChI is InChI=1S/C13H27N3.C2H6/c1-12(2)16-7-3-4-13(11-16)10-15-8-5-14-6-9-15;1-2/h12-14H,3-11H2,1-2H3;1-2H3/t13-;/m1./s1. The first-order valence-corrected chi connectivity index (χ1v) is 7.93. The van der Waals surface area contributed by atoms with Gasteiger partial charge in [0.05, 0.1) is 0 Å². The molecular formula is C15H33N3. The number of hydrogen-bond donors (Lipinski definition) is 1. The van der Waals surface area contributed by atoms with Gasteiger partial charge >= 0.3 is 0 Å². The van der Waals surface area contributed by atoms with Gasteiger partial charge in [0.1, 0.15) is 0 Å². The van der Waals surface area contributed by atoms with E-state index in [2.05, 4.69) is 29.0 Å². The molecule has 0 spiro atoms. The van der Waals surface area contributed by atoms with E-state index in [-0.39, 0.29) is 0 Å². The number of nitrogens with one attached hydrogen (secondary N) is 1. The maximum atomic E-state index is 3.43. The lowest BCUT2D eigenvalue weighted by Gasteiger charge is -2.38. The second kappa shape index (κ2) is 8.89. The fourth-order valence-electron chi connectivity index (χ4n) is 2.97. The lowest BCUT2D eigenvalue weighted by atomic mass is 9.96. The zero-order valence-corrected chi connectivity index (χ0v) is 12.9. The molecule has 1 atom stereocenters. The Hall–Kier alpha value is -0.120. The van der Waals surface area contributed by atoms with E-state index in [4.69, 9.17) is 0 Å². The van der Waals surface area contributed by atoms with Crippen molar-refractivity contribution in [1.82, 2.24) is 15.1 Å². The summed E-state index contributed by atoms with van der Waals surface area (Å²) < 4.78 is 0. The van der Waals surface area contributed by atoms with Crippen molar-refractivity contribution in [2.75, 3.05) is 45.8 Å². The van der Waals surface area contributed by atoms with E-state index in [0.717, 1.165) is 12.0 Å². The first kappa shape index (κ1) is 15.9. The van der Waals surface area contributed by atoms with Crippen molar-refractivity contribution < 1.29 is 0 Å². The number of hydrogen-bond acceptors (Lipinski definition) is 3. The van der Waals surface area contributed by atoms with Gasteiger partial charge in [0, 0.05) is 45.3 Å². The highest BCUT2D eigenvalue weighted by molar-refractivity contribution is 4.79. The molecule has 2 saturated heterocycles. The normalized spacial score (nSPS) is 26.8. The van der Waals surface area contributed by atoms with Crippen molar-refractivity contribution in [3.63, 3.8) is 0 Å². The zero-order valence-electron chi connectivity index (χ0n) is 12.9. The van der Waals surface area contributed by atoms with E-state index in [1.54, 1.807) is 0 Å². The van der Waals surface area contributed by atoms with Gasteiger partial charge < -0.3 is 15.1 Å². The molecule has 0 aromatic rings. The summed E-state index contributed by atoms with van der Waals surface area (Å²) in [5.41, 5.74) is 0. The number of piperidine rings is 1. The summed E-state index contributed by atoms with van der Waals surface area (Å²) in [6, 6.07) is 0.728. The molecule has 108 valence electrons. The van der Waals surface area contributed by atoms with Gasteiger partial charge in [-0.05, 0) is 39.2 Å². The Morgan fingerprint density at radius 3 is 2.39 bits per heavy atom. The second-order valence-electron chi connectivity index (χ2n) is 5.65. The van der Waals surface area contributed by atoms with Crippen LogP contribution in [0.3, 0.4) is 0 Å². The van der Waals surface area contributed by atoms with E-state index in [1.807, 2.05) is 13.8 Å². The van der Waals surface area contributed by atoms with Gasteiger partial charge in [-0.25, -0.2) is 0 Å². The summed E-state index contributed by atoms with van der Waals surface area (Å²) in [5.74, 6) is 0.911. The maximum Gasteiger partial charge on any atom is 0.0107 e. The fourth-order valence-corrected chi connectivity index (χ4v) is 2.97. The van der Waals surface area contributed by atoms with Crippen LogP contribution >= 0.6 is 0 Å². The van der Waals surface area contributed by atoms with Crippen molar-refractivity contribution >= 4 is 0 Å². The lowest BCUT2D eigenvalue weighted by Crippen LogP contribution is -2.48. The van der Waals surface area contributed by atoms with Crippen molar-refractivity contribution in [2.24, 2.45) is 5.92 Å². The molecule has 1 N–H and O–H groups in total. The molecule has 0 radical (unpaired) electrons. The summed E-state index contributed by atoms with van der Waals surface area (Å²) in [6.07, 6.45) is 2.84. The second-order valence-corrected chi connectivity index (χ2v) is 5.65. The van der Waals surface area contributed by atoms with Gasteiger partial charge in [-0.1, -0.05) is 13.8 Å². The van der Waals surface area contributed by atoms with Crippen LogP contribution in [0.2, 0.25) is 0 Å². The predicted octanol–water partition coefficient (Wildman–Crippen LogP) is 2.04. The Kier molecular flexibility index (Phi) is 7.87. The number of rotatable bonds is 3. The SMILES string of the molecule is CC.CC(C)N1CCC[C@H](CN2CCNCC2)C1. The van der Waals surface area contributed by atoms with Crippen LogP contribution < -0.4 is 5.32 Å². The van der Waals surface area contributed by atoms with Gasteiger partial charge in [-0.3, -0.25) is 0 Å². The number of piperazine rings is 1. The zero-order chi connectivity index (χ0) is 13.4. The van der Waals surface area contributed by atoms with Crippen molar-refractivity contribution in [3.8, 4) is 0 Å². The van der Waals surface area contributed by atoms with Crippen LogP contribution in [0.1, 0.15) is 40.5 Å². The van der Waals surface area contributed by atoms with E-state index < -0.39 is 0 Å². The molecule has 3 heteroatoms. The van der Waals surface area contributed by atoms with Gasteiger partial charge in [0.2, 0.25) is 0 Å². The molecule has 2 fully saturated rings. The Labute approximate surface area is 114 Å². The average molecular weight is 255 g/mol. The molecule has 0 unspecified atom stereocenters. The molecule has 0 aromatic carbocycles. The fraction of sp³-hybridized carbons (Fsp3) is 1.00. The van der Waals surface area contributed by atoms with Crippen LogP contribution in [0.4, 0.5) is 0 Å². The molecule has 0 aliphatic carbocycles. The molecule has 2 heterocycles. The summed E-state index contributed by atoms with van der Waals surface area (Å²) in [7, 11) is 0. The van der Waals surface area contributed by atoms with Crippen LogP contribution in [0.25, 0.3) is 0 Å². The topological polar surface area (TPSA) is 18.5 Å². The molecule has 2 rings (SSSR count). The highest BCUT2D eigenvalue weighted by Gasteiger charge is 2.23. The molecule has 0 aromatic heterocycles. The molecule has 0 saturated carbocycles. The third kappa shape index (κ3) is 5.25. The summed E-state index contributed by atoms with van der Waals surface area (Å²) in [5, 5.41) is 3.43. The highest BCUT2D eigenvalue weighted by Crippen LogP contribution is 2.19. The monoisotopic (exact) mass is 255 g/mol. The molecule has 0 bridgehead atoms. The Morgan fingerprint density at radius 1 is 1.11 bits per heavy atom. The van der Waals surface area contributed by atoms with E-state index in [9.17, 15) is 0 Å². The molecule has 2 aliphatic rings. The minimum atomic E-state index is 0.728. The van der Waals surface area contributed by atoms with E-state index >= 15 is 0 Å². The predicted molar refractivity (Wildman–Crippen MR) is 80.1 cm³/mol. The third-order valence-electron chi connectivity index (χ3n) is 4.01. The van der Waals surface area contributed by atoms with Crippen LogP contribution in [-0.4, -0.2) is 61.7 Å². The van der Waals surface area contributed by atoms with Crippen LogP contribution in [0.15, 0.2) is 0 Å². The van der Waals surface area contributed by atoms with E-state index in [1.165, 1.54) is 58.7 Å².